The fraction of sp³-hybridized carbons (Fsp3) is 0.400. The molecule has 1 N–H and O–H groups in total. The van der Waals surface area contributed by atoms with Crippen molar-refractivity contribution in [1.82, 2.24) is 0 Å². The second-order valence-corrected chi connectivity index (χ2v) is 3.28. The Balaban J connectivity index is 2.06. The smallest absolute Gasteiger partial charge is 0.0342 e. The lowest BCUT2D eigenvalue weighted by Gasteiger charge is -2.03. The molecule has 0 bridgehead atoms. The second-order valence-electron chi connectivity index (χ2n) is 3.28. The van der Waals surface area contributed by atoms with E-state index in [1.54, 1.807) is 0 Å². The molecule has 0 heterocycles. The van der Waals surface area contributed by atoms with E-state index in [9.17, 15) is 0 Å². The first-order valence-electron chi connectivity index (χ1n) is 4.18. The third-order valence-corrected chi connectivity index (χ3v) is 2.00. The summed E-state index contributed by atoms with van der Waals surface area (Å²) < 4.78 is 0. The third kappa shape index (κ3) is 1.73. The van der Waals surface area contributed by atoms with Gasteiger partial charge in [-0.3, -0.25) is 0 Å². The molecule has 1 fully saturated rings. The summed E-state index contributed by atoms with van der Waals surface area (Å²) in [6.07, 6.45) is 2.68. The molecule has 1 aliphatic carbocycles. The van der Waals surface area contributed by atoms with E-state index in [0.717, 1.165) is 6.04 Å². The quantitative estimate of drug-likeness (QED) is 0.678. The van der Waals surface area contributed by atoms with E-state index >= 15 is 0 Å². The highest BCUT2D eigenvalue weighted by atomic mass is 14.9. The number of hydrogen-bond donors (Lipinski definition) is 1. The molecule has 1 nitrogen and oxygen atoms in total. The first-order chi connectivity index (χ1) is 5.34. The predicted octanol–water partition coefficient (Wildman–Crippen LogP) is 2.57. The van der Waals surface area contributed by atoms with Gasteiger partial charge in [0, 0.05) is 11.7 Å². The highest BCUT2D eigenvalue weighted by Crippen LogP contribution is 2.24. The maximum absolute atomic E-state index is 3.44. The minimum absolute atomic E-state index is 0.762. The molecule has 58 valence electrons. The van der Waals surface area contributed by atoms with Crippen molar-refractivity contribution in [3.63, 3.8) is 0 Å². The zero-order valence-corrected chi connectivity index (χ0v) is 6.80. The summed E-state index contributed by atoms with van der Waals surface area (Å²) in [6.45, 7) is 2.11. The van der Waals surface area contributed by atoms with Crippen molar-refractivity contribution >= 4 is 5.69 Å². The maximum Gasteiger partial charge on any atom is 0.0342 e. The summed E-state index contributed by atoms with van der Waals surface area (Å²) in [5.74, 6) is 0. The summed E-state index contributed by atoms with van der Waals surface area (Å²) in [5, 5.41) is 3.44. The van der Waals surface area contributed by atoms with Crippen LogP contribution in [0.2, 0.25) is 0 Å². The number of benzene rings is 1. The number of rotatable bonds is 2. The standard InChI is InChI=1S/C10H13N/c1-8-2-4-9(5-3-8)11-10-6-7-10/h2-5,10-11H,6-7H2,1H3. The van der Waals surface area contributed by atoms with Gasteiger partial charge in [0.15, 0.2) is 0 Å². The Morgan fingerprint density at radius 1 is 1.18 bits per heavy atom. The Hall–Kier alpha value is -0.980. The van der Waals surface area contributed by atoms with E-state index in [2.05, 4.69) is 36.5 Å². The Bertz CT molecular complexity index is 234. The molecular weight excluding hydrogens is 134 g/mol. The Kier molecular flexibility index (Phi) is 1.57. The zero-order chi connectivity index (χ0) is 7.68. The summed E-state index contributed by atoms with van der Waals surface area (Å²) in [7, 11) is 0. The molecule has 1 aromatic rings. The van der Waals surface area contributed by atoms with E-state index in [-0.39, 0.29) is 0 Å². The lowest BCUT2D eigenvalue weighted by molar-refractivity contribution is 1.15. The van der Waals surface area contributed by atoms with Gasteiger partial charge in [-0.05, 0) is 31.9 Å². The van der Waals surface area contributed by atoms with Crippen LogP contribution in [-0.2, 0) is 0 Å². The van der Waals surface area contributed by atoms with Crippen LogP contribution in [0.4, 0.5) is 5.69 Å². The van der Waals surface area contributed by atoms with E-state index in [1.807, 2.05) is 0 Å². The van der Waals surface area contributed by atoms with E-state index in [1.165, 1.54) is 24.1 Å². The molecule has 0 spiro atoms. The molecule has 1 aliphatic rings. The normalized spacial score (nSPS) is 16.5. The van der Waals surface area contributed by atoms with Crippen LogP contribution in [0.5, 0.6) is 0 Å². The van der Waals surface area contributed by atoms with Crippen LogP contribution in [-0.4, -0.2) is 6.04 Å². The fourth-order valence-electron chi connectivity index (χ4n) is 1.11. The van der Waals surface area contributed by atoms with E-state index < -0.39 is 0 Å². The largest absolute Gasteiger partial charge is 0.382 e. The van der Waals surface area contributed by atoms with Crippen LogP contribution in [0.25, 0.3) is 0 Å². The maximum atomic E-state index is 3.44. The fourth-order valence-corrected chi connectivity index (χ4v) is 1.11. The Labute approximate surface area is 67.4 Å². The summed E-state index contributed by atoms with van der Waals surface area (Å²) >= 11 is 0. The molecule has 0 aliphatic heterocycles. The molecule has 1 aromatic carbocycles. The van der Waals surface area contributed by atoms with Crippen molar-refractivity contribution in [2.75, 3.05) is 5.32 Å². The highest BCUT2D eigenvalue weighted by molar-refractivity contribution is 5.46. The van der Waals surface area contributed by atoms with Gasteiger partial charge in [-0.2, -0.15) is 0 Å². The minimum atomic E-state index is 0.762. The van der Waals surface area contributed by atoms with Crippen molar-refractivity contribution in [1.29, 1.82) is 0 Å². The van der Waals surface area contributed by atoms with Crippen molar-refractivity contribution in [2.24, 2.45) is 0 Å². The Morgan fingerprint density at radius 3 is 2.36 bits per heavy atom. The van der Waals surface area contributed by atoms with Gasteiger partial charge in [0.25, 0.3) is 0 Å². The van der Waals surface area contributed by atoms with Gasteiger partial charge < -0.3 is 5.32 Å². The van der Waals surface area contributed by atoms with Crippen molar-refractivity contribution in [2.45, 2.75) is 25.8 Å². The summed E-state index contributed by atoms with van der Waals surface area (Å²) in [4.78, 5) is 0. The average molecular weight is 147 g/mol. The van der Waals surface area contributed by atoms with Crippen LogP contribution >= 0.6 is 0 Å². The molecule has 0 saturated heterocycles. The molecule has 1 saturated carbocycles. The SMILES string of the molecule is Cc1ccc(NC2CC2)cc1. The number of aryl methyl sites for hydroxylation is 1. The van der Waals surface area contributed by atoms with Crippen LogP contribution < -0.4 is 5.32 Å². The van der Waals surface area contributed by atoms with Gasteiger partial charge in [-0.15, -0.1) is 0 Å². The molecule has 0 radical (unpaired) electrons. The van der Waals surface area contributed by atoms with E-state index in [0.29, 0.717) is 0 Å². The minimum Gasteiger partial charge on any atom is -0.382 e. The van der Waals surface area contributed by atoms with Gasteiger partial charge in [0.1, 0.15) is 0 Å². The molecule has 0 unspecified atom stereocenters. The van der Waals surface area contributed by atoms with Gasteiger partial charge in [0.2, 0.25) is 0 Å². The highest BCUT2D eigenvalue weighted by Gasteiger charge is 2.20. The van der Waals surface area contributed by atoms with Crippen LogP contribution in [0.1, 0.15) is 18.4 Å². The molecule has 1 heteroatoms. The predicted molar refractivity (Wildman–Crippen MR) is 47.8 cm³/mol. The van der Waals surface area contributed by atoms with Crippen LogP contribution in [0.3, 0.4) is 0 Å². The van der Waals surface area contributed by atoms with Crippen molar-refractivity contribution < 1.29 is 0 Å². The van der Waals surface area contributed by atoms with E-state index in [4.69, 9.17) is 0 Å². The van der Waals surface area contributed by atoms with Gasteiger partial charge >= 0.3 is 0 Å². The average Bonchev–Trinajstić information content (AvgIpc) is 2.78. The van der Waals surface area contributed by atoms with Gasteiger partial charge in [-0.1, -0.05) is 17.7 Å². The lowest BCUT2D eigenvalue weighted by atomic mass is 10.2. The topological polar surface area (TPSA) is 12.0 Å². The molecular formula is C10H13N. The van der Waals surface area contributed by atoms with Crippen LogP contribution in [0.15, 0.2) is 24.3 Å². The third-order valence-electron chi connectivity index (χ3n) is 2.00. The van der Waals surface area contributed by atoms with Crippen molar-refractivity contribution in [3.05, 3.63) is 29.8 Å². The monoisotopic (exact) mass is 147 g/mol. The molecule has 0 amide bonds. The summed E-state index contributed by atoms with van der Waals surface area (Å²) in [6, 6.07) is 9.34. The van der Waals surface area contributed by atoms with Crippen molar-refractivity contribution in [3.8, 4) is 0 Å². The molecule has 11 heavy (non-hydrogen) atoms. The first-order valence-corrected chi connectivity index (χ1v) is 4.18. The first kappa shape index (κ1) is 6.71. The molecule has 0 atom stereocenters. The lowest BCUT2D eigenvalue weighted by Crippen LogP contribution is -1.99. The number of nitrogens with one attached hydrogen (secondary N) is 1. The van der Waals surface area contributed by atoms with Gasteiger partial charge in [-0.25, -0.2) is 0 Å². The Morgan fingerprint density at radius 2 is 1.82 bits per heavy atom. The second kappa shape index (κ2) is 2.57. The summed E-state index contributed by atoms with van der Waals surface area (Å²) in [5.41, 5.74) is 2.59. The molecule has 0 aromatic heterocycles. The zero-order valence-electron chi connectivity index (χ0n) is 6.80. The molecule has 2 rings (SSSR count). The number of anilines is 1. The van der Waals surface area contributed by atoms with Crippen LogP contribution in [0, 0.1) is 6.92 Å². The van der Waals surface area contributed by atoms with Gasteiger partial charge in [0.05, 0.1) is 0 Å². The number of hydrogen-bond acceptors (Lipinski definition) is 1.